The van der Waals surface area contributed by atoms with E-state index in [1.165, 1.54) is 12.1 Å². The third-order valence-corrected chi connectivity index (χ3v) is 3.06. The summed E-state index contributed by atoms with van der Waals surface area (Å²) in [7, 11) is 0. The number of aromatic hydroxyl groups is 1. The maximum Gasteiger partial charge on any atom is 0.307 e. The molecule has 5 heteroatoms. The van der Waals surface area contributed by atoms with Gasteiger partial charge in [-0.15, -0.1) is 0 Å². The Morgan fingerprint density at radius 3 is 2.55 bits per heavy atom. The number of aliphatic carboxylic acids is 1. The molecule has 0 heterocycles. The number of phenolic OH excluding ortho intramolecular Hbond substituents is 1. The van der Waals surface area contributed by atoms with Crippen molar-refractivity contribution in [2.24, 2.45) is 0 Å². The van der Waals surface area contributed by atoms with E-state index in [2.05, 4.69) is 0 Å². The molecular weight excluding hydrogens is 280 g/mol. The van der Waals surface area contributed by atoms with Gasteiger partial charge in [-0.25, -0.2) is 0 Å². The predicted octanol–water partition coefficient (Wildman–Crippen LogP) is 3.25. The molecule has 0 bridgehead atoms. The Bertz CT molecular complexity index is 611. The Morgan fingerprint density at radius 1 is 1.20 bits per heavy atom. The van der Waals surface area contributed by atoms with E-state index in [0.717, 1.165) is 5.56 Å². The van der Waals surface area contributed by atoms with Crippen LogP contribution in [-0.2, 0) is 17.8 Å². The minimum Gasteiger partial charge on any atom is -0.504 e. The molecule has 0 saturated carbocycles. The van der Waals surface area contributed by atoms with E-state index < -0.39 is 5.97 Å². The van der Waals surface area contributed by atoms with Crippen LogP contribution in [0.15, 0.2) is 42.5 Å². The van der Waals surface area contributed by atoms with Crippen molar-refractivity contribution in [3.63, 3.8) is 0 Å². The van der Waals surface area contributed by atoms with Gasteiger partial charge in [0.25, 0.3) is 0 Å². The topological polar surface area (TPSA) is 66.8 Å². The van der Waals surface area contributed by atoms with Crippen LogP contribution in [-0.4, -0.2) is 16.2 Å². The lowest BCUT2D eigenvalue weighted by molar-refractivity contribution is -0.136. The highest BCUT2D eigenvalue weighted by atomic mass is 35.5. The standard InChI is InChI=1S/C15H13ClO4/c16-12-8-14(13(17)6-11(12)7-15(18)19)20-9-10-4-2-1-3-5-10/h1-6,8,17H,7,9H2,(H,18,19). The van der Waals surface area contributed by atoms with Crippen molar-refractivity contribution in [1.82, 2.24) is 0 Å². The molecule has 2 rings (SSSR count). The first-order valence-corrected chi connectivity index (χ1v) is 6.34. The third kappa shape index (κ3) is 3.65. The summed E-state index contributed by atoms with van der Waals surface area (Å²) in [4.78, 5) is 10.7. The summed E-state index contributed by atoms with van der Waals surface area (Å²) in [5.74, 6) is -0.904. The summed E-state index contributed by atoms with van der Waals surface area (Å²) in [6, 6.07) is 12.2. The van der Waals surface area contributed by atoms with Crippen molar-refractivity contribution < 1.29 is 19.7 Å². The molecule has 104 valence electrons. The van der Waals surface area contributed by atoms with Gasteiger partial charge < -0.3 is 14.9 Å². The maximum absolute atomic E-state index is 10.7. The minimum absolute atomic E-state index is 0.124. The lowest BCUT2D eigenvalue weighted by Gasteiger charge is -2.10. The summed E-state index contributed by atoms with van der Waals surface area (Å²) in [5, 5.41) is 18.8. The first kappa shape index (κ1) is 14.2. The van der Waals surface area contributed by atoms with Crippen LogP contribution in [0.4, 0.5) is 0 Å². The quantitative estimate of drug-likeness (QED) is 0.888. The summed E-state index contributed by atoms with van der Waals surface area (Å²) in [6.45, 7) is 0.295. The molecule has 0 aliphatic carbocycles. The highest BCUT2D eigenvalue weighted by molar-refractivity contribution is 6.31. The molecule has 0 aliphatic heterocycles. The molecule has 20 heavy (non-hydrogen) atoms. The van der Waals surface area contributed by atoms with Gasteiger partial charge in [-0.1, -0.05) is 41.9 Å². The van der Waals surface area contributed by atoms with E-state index >= 15 is 0 Å². The molecule has 0 unspecified atom stereocenters. The zero-order valence-electron chi connectivity index (χ0n) is 10.5. The highest BCUT2D eigenvalue weighted by Crippen LogP contribution is 2.33. The maximum atomic E-state index is 10.7. The largest absolute Gasteiger partial charge is 0.504 e. The minimum atomic E-state index is -1.01. The molecule has 0 fully saturated rings. The molecule has 2 aromatic rings. The molecule has 0 aliphatic rings. The normalized spacial score (nSPS) is 10.2. The fraction of sp³-hybridized carbons (Fsp3) is 0.133. The van der Waals surface area contributed by atoms with Crippen LogP contribution >= 0.6 is 11.6 Å². The van der Waals surface area contributed by atoms with E-state index in [9.17, 15) is 9.90 Å². The molecule has 0 spiro atoms. The average molecular weight is 293 g/mol. The number of rotatable bonds is 5. The first-order chi connectivity index (χ1) is 9.56. The second-order valence-electron chi connectivity index (χ2n) is 4.26. The van der Waals surface area contributed by atoms with Crippen molar-refractivity contribution in [2.75, 3.05) is 0 Å². The lowest BCUT2D eigenvalue weighted by atomic mass is 10.1. The van der Waals surface area contributed by atoms with Crippen molar-refractivity contribution in [3.05, 3.63) is 58.6 Å². The number of halogens is 1. The monoisotopic (exact) mass is 292 g/mol. The highest BCUT2D eigenvalue weighted by Gasteiger charge is 2.12. The van der Waals surface area contributed by atoms with Gasteiger partial charge >= 0.3 is 5.97 Å². The van der Waals surface area contributed by atoms with Gasteiger partial charge in [-0.2, -0.15) is 0 Å². The van der Waals surface area contributed by atoms with Crippen LogP contribution in [0.5, 0.6) is 11.5 Å². The van der Waals surface area contributed by atoms with E-state index in [0.29, 0.717) is 12.2 Å². The van der Waals surface area contributed by atoms with E-state index in [1.54, 1.807) is 0 Å². The smallest absolute Gasteiger partial charge is 0.307 e. The number of hydrogen-bond donors (Lipinski definition) is 2. The van der Waals surface area contributed by atoms with Gasteiger partial charge in [-0.3, -0.25) is 4.79 Å². The summed E-state index contributed by atoms with van der Waals surface area (Å²) in [6.07, 6.45) is -0.245. The molecule has 0 aromatic heterocycles. The number of phenols is 1. The van der Waals surface area contributed by atoms with Crippen LogP contribution in [0.2, 0.25) is 5.02 Å². The Morgan fingerprint density at radius 2 is 1.90 bits per heavy atom. The van der Waals surface area contributed by atoms with Crippen molar-refractivity contribution in [1.29, 1.82) is 0 Å². The van der Waals surface area contributed by atoms with Crippen LogP contribution in [0, 0.1) is 0 Å². The van der Waals surface area contributed by atoms with Crippen LogP contribution < -0.4 is 4.74 Å². The van der Waals surface area contributed by atoms with Gasteiger partial charge in [0.15, 0.2) is 11.5 Å². The Labute approximate surface area is 121 Å². The second-order valence-corrected chi connectivity index (χ2v) is 4.66. The SMILES string of the molecule is O=C(O)Cc1cc(O)c(OCc2ccccc2)cc1Cl. The second kappa shape index (κ2) is 6.30. The van der Waals surface area contributed by atoms with Crippen molar-refractivity contribution in [3.8, 4) is 11.5 Å². The lowest BCUT2D eigenvalue weighted by Crippen LogP contribution is -2.01. The summed E-state index contributed by atoms with van der Waals surface area (Å²) < 4.78 is 5.48. The van der Waals surface area contributed by atoms with E-state index in [1.807, 2.05) is 30.3 Å². The Kier molecular flexibility index (Phi) is 4.48. The molecule has 0 amide bonds. The molecule has 0 saturated heterocycles. The number of hydrogen-bond acceptors (Lipinski definition) is 3. The predicted molar refractivity (Wildman–Crippen MR) is 75.2 cm³/mol. The van der Waals surface area contributed by atoms with Gasteiger partial charge in [0.2, 0.25) is 0 Å². The van der Waals surface area contributed by atoms with Crippen LogP contribution in [0.3, 0.4) is 0 Å². The molecule has 2 aromatic carbocycles. The number of benzene rings is 2. The molecule has 4 nitrogen and oxygen atoms in total. The Balaban J connectivity index is 2.13. The van der Waals surface area contributed by atoms with Gasteiger partial charge in [0.1, 0.15) is 6.61 Å². The van der Waals surface area contributed by atoms with Crippen LogP contribution in [0.1, 0.15) is 11.1 Å². The number of carboxylic acid groups (broad SMARTS) is 1. The molecular formula is C15H13ClO4. The molecule has 0 atom stereocenters. The number of ether oxygens (including phenoxy) is 1. The Hall–Kier alpha value is -2.20. The van der Waals surface area contributed by atoms with E-state index in [-0.39, 0.29) is 22.9 Å². The van der Waals surface area contributed by atoms with Gasteiger partial charge in [0, 0.05) is 11.1 Å². The van der Waals surface area contributed by atoms with Crippen LogP contribution in [0.25, 0.3) is 0 Å². The van der Waals surface area contributed by atoms with Gasteiger partial charge in [-0.05, 0) is 17.2 Å². The summed E-state index contributed by atoms with van der Waals surface area (Å²) in [5.41, 5.74) is 1.31. The number of carboxylic acids is 1. The fourth-order valence-corrected chi connectivity index (χ4v) is 1.96. The van der Waals surface area contributed by atoms with E-state index in [4.69, 9.17) is 21.4 Å². The van der Waals surface area contributed by atoms with Crippen molar-refractivity contribution >= 4 is 17.6 Å². The van der Waals surface area contributed by atoms with Crippen molar-refractivity contribution in [2.45, 2.75) is 13.0 Å². The zero-order valence-corrected chi connectivity index (χ0v) is 11.3. The first-order valence-electron chi connectivity index (χ1n) is 5.96. The summed E-state index contributed by atoms with van der Waals surface area (Å²) >= 11 is 5.97. The molecule has 0 radical (unpaired) electrons. The zero-order chi connectivity index (χ0) is 14.5. The third-order valence-electron chi connectivity index (χ3n) is 2.71. The fourth-order valence-electron chi connectivity index (χ4n) is 1.74. The van der Waals surface area contributed by atoms with Gasteiger partial charge in [0.05, 0.1) is 6.42 Å². The number of carbonyl (C=O) groups is 1. The molecule has 2 N–H and O–H groups in total. The average Bonchev–Trinajstić information content (AvgIpc) is 2.41.